The zero-order valence-corrected chi connectivity index (χ0v) is 19.1. The summed E-state index contributed by atoms with van der Waals surface area (Å²) in [4.78, 5) is 25.4. The molecule has 0 fully saturated rings. The maximum atomic E-state index is 13.3. The molecule has 1 N–H and O–H groups in total. The van der Waals surface area contributed by atoms with E-state index in [-0.39, 0.29) is 20.8 Å². The second-order valence-electron chi connectivity index (χ2n) is 6.45. The predicted octanol–water partition coefficient (Wildman–Crippen LogP) is 5.89. The Morgan fingerprint density at radius 1 is 1.06 bits per heavy atom. The minimum Gasteiger partial charge on any atom is -0.383 e. The fourth-order valence-corrected chi connectivity index (χ4v) is 3.33. The van der Waals surface area contributed by atoms with Gasteiger partial charge in [-0.2, -0.15) is 4.98 Å². The van der Waals surface area contributed by atoms with Gasteiger partial charge in [0, 0.05) is 33.0 Å². The van der Waals surface area contributed by atoms with E-state index in [9.17, 15) is 4.79 Å². The summed E-state index contributed by atoms with van der Waals surface area (Å²) in [7, 11) is 3.47. The van der Waals surface area contributed by atoms with Gasteiger partial charge in [0.1, 0.15) is 5.82 Å². The Kier molecular flexibility index (Phi) is 7.92. The van der Waals surface area contributed by atoms with Crippen molar-refractivity contribution in [3.8, 4) is 0 Å². The average Bonchev–Trinajstić information content (AvgIpc) is 2.79. The molecule has 162 valence electrons. The highest BCUT2D eigenvalue weighted by molar-refractivity contribution is 6.46. The molecule has 1 heterocycles. The minimum absolute atomic E-state index is 0.151. The van der Waals surface area contributed by atoms with Crippen molar-refractivity contribution in [1.82, 2.24) is 9.97 Å². The molecule has 7 nitrogen and oxygen atoms in total. The van der Waals surface area contributed by atoms with Gasteiger partial charge in [0.05, 0.1) is 33.0 Å². The zero-order chi connectivity index (χ0) is 22.4. The summed E-state index contributed by atoms with van der Waals surface area (Å²) in [5.74, 6) is 0.814. The number of nitrogens with one attached hydrogen (secondary N) is 1. The first-order valence-electron chi connectivity index (χ1n) is 9.25. The van der Waals surface area contributed by atoms with Gasteiger partial charge in [-0.25, -0.2) is 14.7 Å². The Morgan fingerprint density at radius 3 is 2.48 bits per heavy atom. The lowest BCUT2D eigenvalue weighted by atomic mass is 10.3. The molecule has 0 atom stereocenters. The highest BCUT2D eigenvalue weighted by Gasteiger charge is 2.23. The second kappa shape index (κ2) is 10.6. The van der Waals surface area contributed by atoms with E-state index in [1.54, 1.807) is 43.6 Å². The first-order valence-corrected chi connectivity index (χ1v) is 10.4. The third-order valence-electron chi connectivity index (χ3n) is 4.32. The molecule has 0 radical (unpaired) electrons. The van der Waals surface area contributed by atoms with Crippen molar-refractivity contribution in [2.45, 2.75) is 0 Å². The largest absolute Gasteiger partial charge is 0.383 e. The van der Waals surface area contributed by atoms with E-state index in [4.69, 9.17) is 39.5 Å². The lowest BCUT2D eigenvalue weighted by Crippen LogP contribution is -2.32. The molecule has 10 heteroatoms. The Balaban J connectivity index is 1.99. The summed E-state index contributed by atoms with van der Waals surface area (Å²) < 4.78 is 5.11. The lowest BCUT2D eigenvalue weighted by molar-refractivity contribution is 0.206. The average molecular weight is 481 g/mol. The summed E-state index contributed by atoms with van der Waals surface area (Å²) in [6.07, 6.45) is 1.59. The van der Waals surface area contributed by atoms with Gasteiger partial charge in [0.2, 0.25) is 5.95 Å². The molecular formula is C21H20Cl3N5O2. The molecule has 0 saturated carbocycles. The van der Waals surface area contributed by atoms with Crippen molar-refractivity contribution < 1.29 is 9.53 Å². The fourth-order valence-electron chi connectivity index (χ4n) is 2.71. The molecule has 3 aromatic rings. The highest BCUT2D eigenvalue weighted by Crippen LogP contribution is 2.37. The van der Waals surface area contributed by atoms with E-state index in [1.165, 1.54) is 4.90 Å². The van der Waals surface area contributed by atoms with Gasteiger partial charge in [-0.3, -0.25) is 0 Å². The number of carbonyl (C=O) groups is 1. The number of methoxy groups -OCH3 is 1. The number of urea groups is 1. The summed E-state index contributed by atoms with van der Waals surface area (Å²) in [5, 5.41) is 3.43. The Morgan fingerprint density at radius 2 is 1.77 bits per heavy atom. The summed E-state index contributed by atoms with van der Waals surface area (Å²) in [5.41, 5.74) is 0.812. The number of halogens is 3. The Hall–Kier alpha value is -2.58. The van der Waals surface area contributed by atoms with Crippen LogP contribution in [0.15, 0.2) is 54.7 Å². The molecule has 0 spiro atoms. The molecule has 1 aromatic heterocycles. The van der Waals surface area contributed by atoms with Crippen LogP contribution in [0.2, 0.25) is 15.1 Å². The third-order valence-corrected chi connectivity index (χ3v) is 5.44. The first kappa shape index (κ1) is 23.1. The fraction of sp³-hybridized carbons (Fsp3) is 0.190. The maximum absolute atomic E-state index is 13.3. The zero-order valence-electron chi connectivity index (χ0n) is 16.8. The van der Waals surface area contributed by atoms with Crippen LogP contribution in [-0.2, 0) is 4.74 Å². The maximum Gasteiger partial charge on any atom is 0.332 e. The van der Waals surface area contributed by atoms with Crippen molar-refractivity contribution in [3.05, 3.63) is 69.8 Å². The van der Waals surface area contributed by atoms with Crippen LogP contribution < -0.4 is 15.1 Å². The van der Waals surface area contributed by atoms with E-state index in [2.05, 4.69) is 15.3 Å². The molecule has 0 aliphatic heterocycles. The topological polar surface area (TPSA) is 70.6 Å². The second-order valence-corrected chi connectivity index (χ2v) is 7.64. The number of benzene rings is 2. The van der Waals surface area contributed by atoms with Gasteiger partial charge in [0.25, 0.3) is 0 Å². The van der Waals surface area contributed by atoms with Crippen LogP contribution in [0, 0.1) is 0 Å². The van der Waals surface area contributed by atoms with E-state index in [1.807, 2.05) is 30.1 Å². The molecule has 0 saturated heterocycles. The summed E-state index contributed by atoms with van der Waals surface area (Å²) in [6, 6.07) is 13.3. The van der Waals surface area contributed by atoms with Crippen molar-refractivity contribution in [3.63, 3.8) is 0 Å². The number of aromatic nitrogens is 2. The number of hydrogen-bond donors (Lipinski definition) is 1. The first-order chi connectivity index (χ1) is 14.9. The molecule has 31 heavy (non-hydrogen) atoms. The minimum atomic E-state index is -0.513. The van der Waals surface area contributed by atoms with E-state index < -0.39 is 6.03 Å². The number of carbonyl (C=O) groups excluding carboxylic acids is 1. The smallest absolute Gasteiger partial charge is 0.332 e. The summed E-state index contributed by atoms with van der Waals surface area (Å²) >= 11 is 18.6. The van der Waals surface area contributed by atoms with E-state index in [0.717, 1.165) is 0 Å². The summed E-state index contributed by atoms with van der Waals surface area (Å²) in [6.45, 7) is 1.10. The standard InChI is InChI=1S/C21H20Cl3N5O2/c1-28(12-13-31-2)20-25-11-10-17(26-20)29(14-6-4-3-5-7-14)21(30)27-19-16(23)9-8-15(22)18(19)24/h3-11H,12-13H2,1-2H3,(H,27,30). The number of amides is 2. The van der Waals surface area contributed by atoms with Gasteiger partial charge in [-0.05, 0) is 24.3 Å². The number of nitrogens with zero attached hydrogens (tertiary/aromatic N) is 4. The van der Waals surface area contributed by atoms with Crippen molar-refractivity contribution in [1.29, 1.82) is 0 Å². The third kappa shape index (κ3) is 5.57. The van der Waals surface area contributed by atoms with Gasteiger partial charge in [-0.15, -0.1) is 0 Å². The molecule has 0 aliphatic rings. The highest BCUT2D eigenvalue weighted by atomic mass is 35.5. The van der Waals surface area contributed by atoms with Crippen molar-refractivity contribution >= 4 is 64.0 Å². The molecule has 2 amide bonds. The van der Waals surface area contributed by atoms with Crippen molar-refractivity contribution in [2.24, 2.45) is 0 Å². The Labute approximate surface area is 195 Å². The van der Waals surface area contributed by atoms with Crippen LogP contribution in [0.4, 0.5) is 27.9 Å². The van der Waals surface area contributed by atoms with Gasteiger partial charge in [-0.1, -0.05) is 53.0 Å². The molecule has 0 unspecified atom stereocenters. The van der Waals surface area contributed by atoms with Crippen LogP contribution in [0.25, 0.3) is 0 Å². The van der Waals surface area contributed by atoms with Crippen LogP contribution in [-0.4, -0.2) is 43.3 Å². The number of likely N-dealkylation sites (N-methyl/N-ethyl adjacent to an activating group) is 1. The normalized spacial score (nSPS) is 10.6. The molecule has 2 aromatic carbocycles. The van der Waals surface area contributed by atoms with Crippen LogP contribution in [0.3, 0.4) is 0 Å². The van der Waals surface area contributed by atoms with Crippen LogP contribution in [0.5, 0.6) is 0 Å². The number of anilines is 4. The number of ether oxygens (including phenoxy) is 1. The SMILES string of the molecule is COCCN(C)c1nccc(N(C(=O)Nc2c(Cl)ccc(Cl)c2Cl)c2ccccc2)n1. The molecule has 0 aliphatic carbocycles. The molecular weight excluding hydrogens is 461 g/mol. The monoisotopic (exact) mass is 479 g/mol. The number of para-hydroxylation sites is 1. The van der Waals surface area contributed by atoms with Crippen molar-refractivity contribution in [2.75, 3.05) is 42.4 Å². The molecule has 3 rings (SSSR count). The van der Waals surface area contributed by atoms with E-state index in [0.29, 0.717) is 30.6 Å². The van der Waals surface area contributed by atoms with Gasteiger partial charge >= 0.3 is 6.03 Å². The Bertz CT molecular complexity index is 1050. The van der Waals surface area contributed by atoms with Crippen LogP contribution in [0.1, 0.15) is 0 Å². The van der Waals surface area contributed by atoms with Crippen LogP contribution >= 0.6 is 34.8 Å². The van der Waals surface area contributed by atoms with E-state index >= 15 is 0 Å². The van der Waals surface area contributed by atoms with Gasteiger partial charge in [0.15, 0.2) is 0 Å². The predicted molar refractivity (Wildman–Crippen MR) is 126 cm³/mol. The quantitative estimate of drug-likeness (QED) is 0.427. The molecule has 0 bridgehead atoms. The lowest BCUT2D eigenvalue weighted by Gasteiger charge is -2.24. The van der Waals surface area contributed by atoms with Gasteiger partial charge < -0.3 is 15.0 Å². The number of hydrogen-bond acceptors (Lipinski definition) is 5. The number of rotatable bonds is 7.